The lowest BCUT2D eigenvalue weighted by atomic mass is 10.1. The van der Waals surface area contributed by atoms with E-state index in [1.54, 1.807) is 6.07 Å². The summed E-state index contributed by atoms with van der Waals surface area (Å²) in [4.78, 5) is -0.483. The maximum absolute atomic E-state index is 13.7. The Kier molecular flexibility index (Phi) is 4.37. The Bertz CT molecular complexity index is 583. The Morgan fingerprint density at radius 1 is 1.14 bits per heavy atom. The number of benzene rings is 1. The van der Waals surface area contributed by atoms with Crippen LogP contribution in [0.15, 0.2) is 34.1 Å². The Hall–Kier alpha value is -0.330. The van der Waals surface area contributed by atoms with Gasteiger partial charge in [0.15, 0.2) is 0 Å². The zero-order chi connectivity index (χ0) is 16.1. The molecule has 0 bridgehead atoms. The molecular formula is C12H12F3IO4S. The van der Waals surface area contributed by atoms with Gasteiger partial charge in [-0.25, -0.2) is 0 Å². The Morgan fingerprint density at radius 3 is 2.19 bits per heavy atom. The van der Waals surface area contributed by atoms with Gasteiger partial charge in [0, 0.05) is 9.80 Å². The molecule has 0 amide bonds. The summed E-state index contributed by atoms with van der Waals surface area (Å²) >= 11 is -6.58. The van der Waals surface area contributed by atoms with E-state index in [9.17, 15) is 23.5 Å². The van der Waals surface area contributed by atoms with E-state index in [-0.39, 0.29) is 15.4 Å². The quantitative estimate of drug-likeness (QED) is 0.525. The predicted octanol–water partition coefficient (Wildman–Crippen LogP) is -1.79. The lowest BCUT2D eigenvalue weighted by molar-refractivity contribution is -1.91. The molecule has 0 N–H and O–H groups in total. The minimum Gasteiger partial charge on any atom is -0.254 e. The zero-order valence-corrected chi connectivity index (χ0v) is 14.0. The summed E-state index contributed by atoms with van der Waals surface area (Å²) in [6.45, 7) is 3.01. The van der Waals surface area contributed by atoms with Crippen molar-refractivity contribution in [1.29, 1.82) is 0 Å². The number of fused-ring (bicyclic) bond motifs is 1. The van der Waals surface area contributed by atoms with Crippen molar-refractivity contribution in [1.82, 2.24) is 0 Å². The second-order valence-corrected chi connectivity index (χ2v) is 10.5. The summed E-state index contributed by atoms with van der Waals surface area (Å²) in [5, 5.41) is 0. The minimum atomic E-state index is -6.58. The molecule has 118 valence electrons. The molecule has 0 saturated heterocycles. The lowest BCUT2D eigenvalue weighted by Gasteiger charge is -2.35. The molecule has 2 rings (SSSR count). The van der Waals surface area contributed by atoms with Gasteiger partial charge in [-0.05, 0) is 23.6 Å². The molecule has 1 aliphatic heterocycles. The highest BCUT2D eigenvalue weighted by Crippen LogP contribution is 2.76. The van der Waals surface area contributed by atoms with Crippen LogP contribution in [0.25, 0.3) is 6.08 Å². The number of hydrogen-bond acceptors (Lipinski definition) is 4. The summed E-state index contributed by atoms with van der Waals surface area (Å²) in [7, 11) is -4.33. The fraction of sp³-hybridized carbons (Fsp3) is 0.333. The molecule has 4 nitrogen and oxygen atoms in total. The molecule has 0 fully saturated rings. The third kappa shape index (κ3) is 2.94. The van der Waals surface area contributed by atoms with Crippen LogP contribution in [0.1, 0.15) is 19.4 Å². The van der Waals surface area contributed by atoms with Crippen molar-refractivity contribution in [3.05, 3.63) is 34.7 Å². The number of allylic oxidation sites excluding steroid dienone is 1. The highest BCUT2D eigenvalue weighted by Gasteiger charge is 2.67. The molecule has 1 aromatic rings. The number of rotatable bonds is 3. The van der Waals surface area contributed by atoms with Crippen molar-refractivity contribution in [3.63, 3.8) is 0 Å². The molecule has 1 aliphatic rings. The van der Waals surface area contributed by atoms with E-state index in [0.717, 1.165) is 6.07 Å². The van der Waals surface area contributed by atoms with Crippen molar-refractivity contribution in [2.24, 2.45) is 5.92 Å². The first kappa shape index (κ1) is 17.0. The maximum atomic E-state index is 13.7. The Labute approximate surface area is 127 Å². The van der Waals surface area contributed by atoms with E-state index < -0.39 is 41.8 Å². The molecule has 0 aliphatic carbocycles. The van der Waals surface area contributed by atoms with Crippen LogP contribution in [0, 0.1) is 5.92 Å². The monoisotopic (exact) mass is 436 g/mol. The van der Waals surface area contributed by atoms with E-state index >= 15 is 0 Å². The average Bonchev–Trinajstić information content (AvgIpc) is 2.63. The smallest absolute Gasteiger partial charge is 0.254 e. The zero-order valence-electron chi connectivity index (χ0n) is 11.0. The molecule has 1 atom stereocenters. The first-order chi connectivity index (χ1) is 9.49. The van der Waals surface area contributed by atoms with Gasteiger partial charge in [0.25, 0.3) is 0 Å². The van der Waals surface area contributed by atoms with Gasteiger partial charge in [-0.3, -0.25) is 10.3 Å². The van der Waals surface area contributed by atoms with Crippen molar-refractivity contribution >= 4 is 16.4 Å². The largest absolute Gasteiger partial charge is 0.466 e. The lowest BCUT2D eigenvalue weighted by Crippen LogP contribution is -4.23. The first-order valence-electron chi connectivity index (χ1n) is 5.81. The van der Waals surface area contributed by atoms with Crippen LogP contribution < -0.4 is 30.4 Å². The molecule has 0 spiro atoms. The van der Waals surface area contributed by atoms with Gasteiger partial charge in [0.05, 0.1) is 2.51 Å². The van der Waals surface area contributed by atoms with Crippen LogP contribution in [0.3, 0.4) is 0 Å². The van der Waals surface area contributed by atoms with E-state index in [1.807, 2.05) is 0 Å². The van der Waals surface area contributed by atoms with E-state index in [2.05, 4.69) is 2.51 Å². The van der Waals surface area contributed by atoms with Crippen LogP contribution in [-0.4, -0.2) is 5.51 Å². The van der Waals surface area contributed by atoms with Gasteiger partial charge >= 0.3 is 25.6 Å². The number of hydrogen-bond donors (Lipinski definition) is 0. The summed E-state index contributed by atoms with van der Waals surface area (Å²) in [5.74, 6) is -0.613. The third-order valence-electron chi connectivity index (χ3n) is 2.93. The molecule has 9 heteroatoms. The molecule has 0 saturated carbocycles. The van der Waals surface area contributed by atoms with Gasteiger partial charge in [-0.15, -0.1) is 0 Å². The van der Waals surface area contributed by atoms with Crippen molar-refractivity contribution in [2.75, 3.05) is 0 Å². The van der Waals surface area contributed by atoms with Crippen molar-refractivity contribution in [2.45, 2.75) is 24.3 Å². The molecule has 1 aromatic carbocycles. The predicted molar refractivity (Wildman–Crippen MR) is 62.3 cm³/mol. The molecule has 0 aromatic heterocycles. The summed E-state index contributed by atoms with van der Waals surface area (Å²) in [5.41, 5.74) is -4.75. The van der Waals surface area contributed by atoms with Crippen LogP contribution in [0.5, 0.6) is 0 Å². The molecule has 1 heterocycles. The van der Waals surface area contributed by atoms with E-state index in [0.29, 0.717) is 0 Å². The number of halogens is 4. The first-order valence-corrected chi connectivity index (χ1v) is 10.9. The normalized spacial score (nSPS) is 25.5. The van der Waals surface area contributed by atoms with Crippen molar-refractivity contribution in [3.8, 4) is 0 Å². The summed E-state index contributed by atoms with van der Waals surface area (Å²) in [6, 6.07) is 5.51. The second-order valence-electron chi connectivity index (χ2n) is 4.68. The maximum Gasteiger partial charge on any atom is 0.466 e. The summed E-state index contributed by atoms with van der Waals surface area (Å²) < 4.78 is 78.5. The second kappa shape index (κ2) is 5.39. The molecular weight excluding hydrogens is 424 g/mol. The molecule has 0 radical (unpaired) electrons. The van der Waals surface area contributed by atoms with Gasteiger partial charge in [0.1, 0.15) is 10.3 Å². The highest BCUT2D eigenvalue weighted by molar-refractivity contribution is 8.34. The Balaban J connectivity index is 2.74. The summed E-state index contributed by atoms with van der Waals surface area (Å²) in [6.07, 6.45) is 1.27. The highest BCUT2D eigenvalue weighted by atomic mass is 127. The fourth-order valence-electron chi connectivity index (χ4n) is 2.20. The van der Waals surface area contributed by atoms with E-state index in [4.69, 9.17) is 0 Å². The van der Waals surface area contributed by atoms with Gasteiger partial charge in [0.2, 0.25) is 0 Å². The molecule has 1 unspecified atom stereocenters. The molecule has 21 heavy (non-hydrogen) atoms. The minimum absolute atomic E-state index is 0.202. The topological polar surface area (TPSA) is 78.4 Å². The standard InChI is InChI=1S/C12H12F3IO4S/c1-8(2)11-7-9-5-3-4-6-10(9)21(11,12(13,14)15)20-16(17,18)19/h3-8H,1-2H3. The van der Waals surface area contributed by atoms with Crippen LogP contribution in [0.2, 0.25) is 0 Å². The van der Waals surface area contributed by atoms with Gasteiger partial charge in [-0.2, -0.15) is 13.2 Å². The van der Waals surface area contributed by atoms with Crippen molar-refractivity contribution < 1.29 is 46.1 Å². The third-order valence-corrected chi connectivity index (χ3v) is 9.10. The van der Waals surface area contributed by atoms with Crippen LogP contribution >= 0.6 is 10.3 Å². The number of alkyl halides is 3. The average molecular weight is 436 g/mol. The van der Waals surface area contributed by atoms with Gasteiger partial charge in [-0.1, -0.05) is 32.0 Å². The van der Waals surface area contributed by atoms with Crippen LogP contribution in [0.4, 0.5) is 13.2 Å². The van der Waals surface area contributed by atoms with E-state index in [1.165, 1.54) is 32.1 Å². The SMILES string of the molecule is CC(C)C1=Cc2ccccc2S1(O[I+3]([O-])([O-])[O-])C(F)(F)F. The van der Waals surface area contributed by atoms with Crippen LogP contribution in [-0.2, 0) is 2.51 Å². The Morgan fingerprint density at radius 2 is 1.71 bits per heavy atom. The van der Waals surface area contributed by atoms with Gasteiger partial charge < -0.3 is 0 Å². The fourth-order valence-corrected chi connectivity index (χ4v) is 8.90.